The van der Waals surface area contributed by atoms with Gasteiger partial charge in [-0.25, -0.2) is 0 Å². The third kappa shape index (κ3) is 3.90. The van der Waals surface area contributed by atoms with Crippen LogP contribution in [0.4, 0.5) is 5.69 Å². The zero-order valence-corrected chi connectivity index (χ0v) is 16.2. The van der Waals surface area contributed by atoms with Gasteiger partial charge in [-0.1, -0.05) is 18.1 Å². The number of aldehydes is 1. The van der Waals surface area contributed by atoms with Crippen molar-refractivity contribution >= 4 is 28.5 Å². The number of nitrogens with zero attached hydrogens (tertiary/aromatic N) is 2. The van der Waals surface area contributed by atoms with Crippen LogP contribution in [0.25, 0.3) is 10.8 Å². The van der Waals surface area contributed by atoms with Crippen molar-refractivity contribution in [2.75, 3.05) is 18.0 Å². The Balaban J connectivity index is 1.48. The topological polar surface area (TPSA) is 50.3 Å². The minimum atomic E-state index is 0.0510. The Morgan fingerprint density at radius 1 is 1.21 bits per heavy atom. The minimum absolute atomic E-state index is 0.0510. The van der Waals surface area contributed by atoms with Crippen LogP contribution in [0.1, 0.15) is 34.3 Å². The van der Waals surface area contributed by atoms with Crippen molar-refractivity contribution in [1.29, 1.82) is 0 Å². The predicted molar refractivity (Wildman–Crippen MR) is 115 cm³/mol. The first-order chi connectivity index (χ1) is 14.2. The van der Waals surface area contributed by atoms with Crippen LogP contribution in [0.5, 0.6) is 0 Å². The summed E-state index contributed by atoms with van der Waals surface area (Å²) in [5.74, 6) is 2.95. The lowest BCUT2D eigenvalue weighted by Gasteiger charge is -2.19. The lowest BCUT2D eigenvalue weighted by Crippen LogP contribution is -2.23. The summed E-state index contributed by atoms with van der Waals surface area (Å²) in [6.45, 7) is 1.55. The first-order valence-electron chi connectivity index (χ1n) is 9.84. The molecule has 3 aromatic rings. The zero-order valence-electron chi connectivity index (χ0n) is 16.2. The summed E-state index contributed by atoms with van der Waals surface area (Å²) in [5.41, 5.74) is 3.33. The number of ketones is 1. The Morgan fingerprint density at radius 3 is 2.76 bits per heavy atom. The summed E-state index contributed by atoms with van der Waals surface area (Å²) >= 11 is 0. The van der Waals surface area contributed by atoms with Crippen LogP contribution in [0.3, 0.4) is 0 Å². The van der Waals surface area contributed by atoms with E-state index < -0.39 is 0 Å². The molecule has 0 N–H and O–H groups in total. The maximum absolute atomic E-state index is 12.7. The number of hydrogen-bond acceptors (Lipinski definition) is 4. The SMILES string of the molecule is C#Cc1ccc2ccc(N3CCC(C(=O)CCc4ccncc4)C3)cc2c1C=O. The molecule has 2 heterocycles. The number of carbonyl (C=O) groups excluding carboxylic acids is 2. The van der Waals surface area contributed by atoms with Gasteiger partial charge in [0.25, 0.3) is 0 Å². The van der Waals surface area contributed by atoms with Gasteiger partial charge in [-0.15, -0.1) is 6.42 Å². The first-order valence-corrected chi connectivity index (χ1v) is 9.84. The molecule has 29 heavy (non-hydrogen) atoms. The first kappa shape index (κ1) is 18.9. The summed E-state index contributed by atoms with van der Waals surface area (Å²) in [4.78, 5) is 30.5. The van der Waals surface area contributed by atoms with E-state index in [4.69, 9.17) is 6.42 Å². The van der Waals surface area contributed by atoms with Gasteiger partial charge >= 0.3 is 0 Å². The molecule has 1 aliphatic rings. The Labute approximate surface area is 170 Å². The van der Waals surface area contributed by atoms with Crippen molar-refractivity contribution in [1.82, 2.24) is 4.98 Å². The summed E-state index contributed by atoms with van der Waals surface area (Å²) in [7, 11) is 0. The van der Waals surface area contributed by atoms with Crippen molar-refractivity contribution in [3.8, 4) is 12.3 Å². The van der Waals surface area contributed by atoms with Gasteiger partial charge in [0.15, 0.2) is 6.29 Å². The van der Waals surface area contributed by atoms with Gasteiger partial charge in [-0.05, 0) is 59.5 Å². The highest BCUT2D eigenvalue weighted by Crippen LogP contribution is 2.30. The highest BCUT2D eigenvalue weighted by molar-refractivity contribution is 6.02. The van der Waals surface area contributed by atoms with Crippen LogP contribution < -0.4 is 4.90 Å². The number of carbonyl (C=O) groups is 2. The summed E-state index contributed by atoms with van der Waals surface area (Å²) in [6.07, 6.45) is 12.1. The van der Waals surface area contributed by atoms with E-state index in [2.05, 4.69) is 21.9 Å². The monoisotopic (exact) mass is 382 g/mol. The second-order valence-electron chi connectivity index (χ2n) is 7.45. The van der Waals surface area contributed by atoms with Crippen LogP contribution in [-0.4, -0.2) is 30.1 Å². The highest BCUT2D eigenvalue weighted by atomic mass is 16.1. The maximum Gasteiger partial charge on any atom is 0.151 e. The Hall–Kier alpha value is -3.45. The molecule has 1 unspecified atom stereocenters. The molecule has 1 saturated heterocycles. The van der Waals surface area contributed by atoms with Crippen LogP contribution in [-0.2, 0) is 11.2 Å². The second kappa shape index (κ2) is 8.28. The third-order valence-corrected chi connectivity index (χ3v) is 5.74. The van der Waals surface area contributed by atoms with Gasteiger partial charge in [0.2, 0.25) is 0 Å². The fraction of sp³-hybridized carbons (Fsp3) is 0.240. The number of terminal acetylenes is 1. The molecule has 4 nitrogen and oxygen atoms in total. The zero-order chi connectivity index (χ0) is 20.2. The molecular weight excluding hydrogens is 360 g/mol. The molecule has 1 atom stereocenters. The third-order valence-electron chi connectivity index (χ3n) is 5.74. The molecule has 0 aliphatic carbocycles. The average molecular weight is 382 g/mol. The molecule has 2 aromatic carbocycles. The fourth-order valence-corrected chi connectivity index (χ4v) is 4.06. The second-order valence-corrected chi connectivity index (χ2v) is 7.45. The number of benzene rings is 2. The van der Waals surface area contributed by atoms with E-state index in [1.807, 2.05) is 30.3 Å². The van der Waals surface area contributed by atoms with Gasteiger partial charge in [-0.3, -0.25) is 14.6 Å². The van der Waals surface area contributed by atoms with Gasteiger partial charge in [0.05, 0.1) is 0 Å². The quantitative estimate of drug-likeness (QED) is 0.477. The largest absolute Gasteiger partial charge is 0.371 e. The molecule has 0 amide bonds. The van der Waals surface area contributed by atoms with E-state index in [0.29, 0.717) is 29.9 Å². The maximum atomic E-state index is 12.7. The molecule has 144 valence electrons. The van der Waals surface area contributed by atoms with Gasteiger partial charge in [0, 0.05) is 54.6 Å². The van der Waals surface area contributed by atoms with Crippen LogP contribution in [0.2, 0.25) is 0 Å². The van der Waals surface area contributed by atoms with E-state index in [-0.39, 0.29) is 5.92 Å². The minimum Gasteiger partial charge on any atom is -0.371 e. The number of Topliss-reactive ketones (excluding diaryl/α,β-unsaturated/α-hetero) is 1. The van der Waals surface area contributed by atoms with Gasteiger partial charge < -0.3 is 4.90 Å². The summed E-state index contributed by atoms with van der Waals surface area (Å²) in [6, 6.07) is 13.7. The van der Waals surface area contributed by atoms with Crippen LogP contribution in [0.15, 0.2) is 54.9 Å². The van der Waals surface area contributed by atoms with Crippen LogP contribution >= 0.6 is 0 Å². The van der Waals surface area contributed by atoms with Crippen molar-refractivity contribution in [3.63, 3.8) is 0 Å². The Kier molecular flexibility index (Phi) is 5.39. The average Bonchev–Trinajstić information content (AvgIpc) is 3.27. The number of aryl methyl sites for hydroxylation is 1. The van der Waals surface area contributed by atoms with E-state index in [9.17, 15) is 9.59 Å². The van der Waals surface area contributed by atoms with E-state index in [1.54, 1.807) is 18.5 Å². The summed E-state index contributed by atoms with van der Waals surface area (Å²) < 4.78 is 0. The van der Waals surface area contributed by atoms with E-state index in [0.717, 1.165) is 47.7 Å². The standard InChI is InChI=1S/C25H22N2O2/c1-2-19-4-5-20-6-7-22(15-23(20)24(19)17-28)27-14-11-21(16-27)25(29)8-3-18-9-12-26-13-10-18/h1,4-7,9-10,12-13,15,17,21H,3,8,11,14,16H2. The molecule has 0 bridgehead atoms. The normalized spacial score (nSPS) is 16.0. The molecule has 0 spiro atoms. The molecule has 0 radical (unpaired) electrons. The molecule has 1 fully saturated rings. The number of fused-ring (bicyclic) bond motifs is 1. The van der Waals surface area contributed by atoms with Crippen LogP contribution in [0, 0.1) is 18.3 Å². The van der Waals surface area contributed by atoms with E-state index >= 15 is 0 Å². The van der Waals surface area contributed by atoms with Crippen molar-refractivity contribution in [3.05, 3.63) is 71.5 Å². The molecule has 1 aromatic heterocycles. The molecule has 1 aliphatic heterocycles. The number of pyridine rings is 1. The fourth-order valence-electron chi connectivity index (χ4n) is 4.06. The number of aromatic nitrogens is 1. The number of hydrogen-bond donors (Lipinski definition) is 0. The van der Waals surface area contributed by atoms with Crippen molar-refractivity contribution in [2.45, 2.75) is 19.3 Å². The van der Waals surface area contributed by atoms with Gasteiger partial charge in [0.1, 0.15) is 5.78 Å². The van der Waals surface area contributed by atoms with Gasteiger partial charge in [-0.2, -0.15) is 0 Å². The number of anilines is 1. The Morgan fingerprint density at radius 2 is 2.00 bits per heavy atom. The Bertz CT molecular complexity index is 1100. The molecule has 0 saturated carbocycles. The lowest BCUT2D eigenvalue weighted by molar-refractivity contribution is -0.122. The molecule has 4 rings (SSSR count). The summed E-state index contributed by atoms with van der Waals surface area (Å²) in [5, 5.41) is 1.85. The predicted octanol–water partition coefficient (Wildman–Crippen LogP) is 4.06. The van der Waals surface area contributed by atoms with Crippen molar-refractivity contribution < 1.29 is 9.59 Å². The molecule has 4 heteroatoms. The van der Waals surface area contributed by atoms with Crippen molar-refractivity contribution in [2.24, 2.45) is 5.92 Å². The lowest BCUT2D eigenvalue weighted by atomic mass is 9.97. The highest BCUT2D eigenvalue weighted by Gasteiger charge is 2.28. The van der Waals surface area contributed by atoms with E-state index in [1.165, 1.54) is 0 Å². The number of rotatable bonds is 6. The molecular formula is C25H22N2O2. The smallest absolute Gasteiger partial charge is 0.151 e.